The lowest BCUT2D eigenvalue weighted by Crippen LogP contribution is -2.41. The summed E-state index contributed by atoms with van der Waals surface area (Å²) in [5.74, 6) is 1.23. The van der Waals surface area contributed by atoms with Crippen LogP contribution in [0.2, 0.25) is 0 Å². The van der Waals surface area contributed by atoms with E-state index in [0.717, 1.165) is 32.1 Å². The zero-order valence-corrected chi connectivity index (χ0v) is 13.8. The maximum atomic E-state index is 12.6. The number of ether oxygens (including phenoxy) is 2. The average Bonchev–Trinajstić information content (AvgIpc) is 3.22. The van der Waals surface area contributed by atoms with Crippen molar-refractivity contribution in [2.24, 2.45) is 5.92 Å². The SMILES string of the molecule is CCC1CCC(C(=O)NC(c2nc(C)no2)C2CCOCC2)O1. The molecule has 0 spiro atoms. The second kappa shape index (κ2) is 7.40. The van der Waals surface area contributed by atoms with Crippen LogP contribution in [0.4, 0.5) is 0 Å². The van der Waals surface area contributed by atoms with Crippen LogP contribution in [0.15, 0.2) is 4.52 Å². The van der Waals surface area contributed by atoms with Crippen molar-refractivity contribution >= 4 is 5.91 Å². The fraction of sp³-hybridized carbons (Fsp3) is 0.812. The van der Waals surface area contributed by atoms with E-state index < -0.39 is 0 Å². The van der Waals surface area contributed by atoms with E-state index in [0.29, 0.717) is 24.9 Å². The van der Waals surface area contributed by atoms with E-state index in [9.17, 15) is 4.79 Å². The van der Waals surface area contributed by atoms with Gasteiger partial charge in [-0.15, -0.1) is 0 Å². The largest absolute Gasteiger partial charge is 0.381 e. The van der Waals surface area contributed by atoms with Crippen molar-refractivity contribution in [2.75, 3.05) is 13.2 Å². The lowest BCUT2D eigenvalue weighted by Gasteiger charge is -2.29. The van der Waals surface area contributed by atoms with Crippen molar-refractivity contribution in [3.63, 3.8) is 0 Å². The fourth-order valence-electron chi connectivity index (χ4n) is 3.31. The Morgan fingerprint density at radius 2 is 2.09 bits per heavy atom. The third-order valence-corrected chi connectivity index (χ3v) is 4.70. The molecule has 2 saturated heterocycles. The molecule has 1 aromatic rings. The quantitative estimate of drug-likeness (QED) is 0.891. The summed E-state index contributed by atoms with van der Waals surface area (Å²) in [5.41, 5.74) is 0. The van der Waals surface area contributed by atoms with Crippen LogP contribution >= 0.6 is 0 Å². The zero-order valence-electron chi connectivity index (χ0n) is 13.8. The van der Waals surface area contributed by atoms with Gasteiger partial charge in [0.1, 0.15) is 12.1 Å². The van der Waals surface area contributed by atoms with Gasteiger partial charge in [-0.1, -0.05) is 12.1 Å². The normalized spacial score (nSPS) is 27.0. The molecule has 3 unspecified atom stereocenters. The van der Waals surface area contributed by atoms with Crippen LogP contribution in [0.1, 0.15) is 56.8 Å². The molecule has 1 amide bonds. The first-order valence-corrected chi connectivity index (χ1v) is 8.51. The maximum Gasteiger partial charge on any atom is 0.249 e. The van der Waals surface area contributed by atoms with Crippen molar-refractivity contribution in [1.29, 1.82) is 0 Å². The molecule has 3 rings (SSSR count). The van der Waals surface area contributed by atoms with Crippen LogP contribution in [-0.2, 0) is 14.3 Å². The van der Waals surface area contributed by atoms with Crippen molar-refractivity contribution in [3.8, 4) is 0 Å². The Balaban J connectivity index is 1.69. The van der Waals surface area contributed by atoms with Crippen LogP contribution < -0.4 is 5.32 Å². The second-order valence-electron chi connectivity index (χ2n) is 6.35. The predicted octanol–water partition coefficient (Wildman–Crippen LogP) is 1.92. The maximum absolute atomic E-state index is 12.6. The van der Waals surface area contributed by atoms with Crippen LogP contribution in [0.25, 0.3) is 0 Å². The Labute approximate surface area is 136 Å². The minimum absolute atomic E-state index is 0.0757. The number of nitrogens with one attached hydrogen (secondary N) is 1. The molecular weight excluding hydrogens is 298 g/mol. The minimum atomic E-state index is -0.369. The lowest BCUT2D eigenvalue weighted by atomic mass is 9.91. The Kier molecular flexibility index (Phi) is 5.27. The van der Waals surface area contributed by atoms with Gasteiger partial charge < -0.3 is 19.3 Å². The molecule has 1 N–H and O–H groups in total. The highest BCUT2D eigenvalue weighted by Crippen LogP contribution is 2.30. The molecule has 0 bridgehead atoms. The van der Waals surface area contributed by atoms with Crippen molar-refractivity contribution in [1.82, 2.24) is 15.5 Å². The van der Waals surface area contributed by atoms with Gasteiger partial charge in [-0.05, 0) is 44.9 Å². The molecule has 128 valence electrons. The highest BCUT2D eigenvalue weighted by molar-refractivity contribution is 5.81. The van der Waals surface area contributed by atoms with Crippen LogP contribution in [0.3, 0.4) is 0 Å². The number of nitrogens with zero attached hydrogens (tertiary/aromatic N) is 2. The highest BCUT2D eigenvalue weighted by atomic mass is 16.5. The molecule has 1 aromatic heterocycles. The van der Waals surface area contributed by atoms with Gasteiger partial charge in [0.05, 0.1) is 6.10 Å². The summed E-state index contributed by atoms with van der Waals surface area (Å²) in [5, 5.41) is 6.95. The molecule has 7 nitrogen and oxygen atoms in total. The van der Waals surface area contributed by atoms with Crippen LogP contribution in [0.5, 0.6) is 0 Å². The minimum Gasteiger partial charge on any atom is -0.381 e. The van der Waals surface area contributed by atoms with Gasteiger partial charge >= 0.3 is 0 Å². The van der Waals surface area contributed by atoms with E-state index >= 15 is 0 Å². The molecule has 3 atom stereocenters. The number of aromatic nitrogens is 2. The predicted molar refractivity (Wildman–Crippen MR) is 81.6 cm³/mol. The topological polar surface area (TPSA) is 86.5 Å². The highest BCUT2D eigenvalue weighted by Gasteiger charge is 2.35. The third kappa shape index (κ3) is 3.90. The summed E-state index contributed by atoms with van der Waals surface area (Å²) < 4.78 is 16.5. The molecular formula is C16H25N3O4. The number of rotatable bonds is 5. The van der Waals surface area contributed by atoms with Crippen molar-refractivity contribution in [3.05, 3.63) is 11.7 Å². The van der Waals surface area contributed by atoms with E-state index in [-0.39, 0.29) is 30.1 Å². The first-order valence-electron chi connectivity index (χ1n) is 8.51. The number of amides is 1. The molecule has 2 aliphatic rings. The third-order valence-electron chi connectivity index (χ3n) is 4.70. The Bertz CT molecular complexity index is 527. The molecule has 2 aliphatic heterocycles. The van der Waals surface area contributed by atoms with E-state index in [1.807, 2.05) is 0 Å². The fourth-order valence-corrected chi connectivity index (χ4v) is 3.31. The molecule has 3 heterocycles. The Hall–Kier alpha value is -1.47. The van der Waals surface area contributed by atoms with E-state index in [2.05, 4.69) is 22.4 Å². The van der Waals surface area contributed by atoms with Gasteiger partial charge in [0.25, 0.3) is 0 Å². The summed E-state index contributed by atoms with van der Waals surface area (Å²) in [6, 6.07) is -0.267. The number of carbonyl (C=O) groups excluding carboxylic acids is 1. The summed E-state index contributed by atoms with van der Waals surface area (Å²) in [7, 11) is 0. The molecule has 7 heteroatoms. The van der Waals surface area contributed by atoms with Crippen LogP contribution in [-0.4, -0.2) is 41.5 Å². The molecule has 2 fully saturated rings. The van der Waals surface area contributed by atoms with Crippen molar-refractivity contribution in [2.45, 2.75) is 64.2 Å². The zero-order chi connectivity index (χ0) is 16.2. The standard InChI is InChI=1S/C16H25N3O4/c1-3-12-4-5-13(22-12)15(20)18-14(11-6-8-21-9-7-11)16-17-10(2)19-23-16/h11-14H,3-9H2,1-2H3,(H,18,20). The van der Waals surface area contributed by atoms with Crippen LogP contribution in [0, 0.1) is 12.8 Å². The smallest absolute Gasteiger partial charge is 0.249 e. The van der Waals surface area contributed by atoms with Gasteiger partial charge in [-0.2, -0.15) is 4.98 Å². The van der Waals surface area contributed by atoms with Gasteiger partial charge in [-0.3, -0.25) is 4.79 Å². The summed E-state index contributed by atoms with van der Waals surface area (Å²) in [4.78, 5) is 16.9. The Morgan fingerprint density at radius 3 is 2.70 bits per heavy atom. The molecule has 0 radical (unpaired) electrons. The van der Waals surface area contributed by atoms with E-state index in [1.54, 1.807) is 6.92 Å². The molecule has 0 aliphatic carbocycles. The first kappa shape index (κ1) is 16.4. The van der Waals surface area contributed by atoms with Crippen molar-refractivity contribution < 1.29 is 18.8 Å². The van der Waals surface area contributed by atoms with Gasteiger partial charge in [-0.25, -0.2) is 0 Å². The molecule has 23 heavy (non-hydrogen) atoms. The monoisotopic (exact) mass is 323 g/mol. The number of carbonyl (C=O) groups is 1. The second-order valence-corrected chi connectivity index (χ2v) is 6.35. The lowest BCUT2D eigenvalue weighted by molar-refractivity contribution is -0.133. The summed E-state index contributed by atoms with van der Waals surface area (Å²) in [6.45, 7) is 5.25. The average molecular weight is 323 g/mol. The van der Waals surface area contributed by atoms with E-state index in [1.165, 1.54) is 0 Å². The number of hydrogen-bond acceptors (Lipinski definition) is 6. The first-order chi connectivity index (χ1) is 11.2. The Morgan fingerprint density at radius 1 is 1.30 bits per heavy atom. The molecule has 0 aromatic carbocycles. The van der Waals surface area contributed by atoms with Gasteiger partial charge in [0.2, 0.25) is 11.8 Å². The number of hydrogen-bond donors (Lipinski definition) is 1. The molecule has 0 saturated carbocycles. The van der Waals surface area contributed by atoms with Gasteiger partial charge in [0.15, 0.2) is 5.82 Å². The van der Waals surface area contributed by atoms with Gasteiger partial charge in [0, 0.05) is 13.2 Å². The van der Waals surface area contributed by atoms with E-state index in [4.69, 9.17) is 14.0 Å². The number of aryl methyl sites for hydroxylation is 1. The summed E-state index contributed by atoms with van der Waals surface area (Å²) in [6.07, 6.45) is 4.22. The summed E-state index contributed by atoms with van der Waals surface area (Å²) >= 11 is 0.